The Bertz CT molecular complexity index is 541. The minimum absolute atomic E-state index is 0.0371. The highest BCUT2D eigenvalue weighted by Gasteiger charge is 2.23. The van der Waals surface area contributed by atoms with Crippen molar-refractivity contribution in [3.63, 3.8) is 0 Å². The lowest BCUT2D eigenvalue weighted by molar-refractivity contribution is -0.123. The maximum Gasteiger partial charge on any atom is 0.222 e. The van der Waals surface area contributed by atoms with Gasteiger partial charge in [-0.15, -0.1) is 0 Å². The first-order chi connectivity index (χ1) is 12.3. The number of nitrogens with zero attached hydrogens (tertiary/aromatic N) is 2. The molecule has 6 nitrogen and oxygen atoms in total. The zero-order chi connectivity index (χ0) is 17.5. The molecule has 0 radical (unpaired) electrons. The lowest BCUT2D eigenvalue weighted by Gasteiger charge is -2.36. The maximum atomic E-state index is 12.0. The molecule has 0 aliphatic carbocycles. The van der Waals surface area contributed by atoms with Gasteiger partial charge < -0.3 is 20.1 Å². The van der Waals surface area contributed by atoms with Gasteiger partial charge in [0.05, 0.1) is 12.5 Å². The van der Waals surface area contributed by atoms with Crippen LogP contribution in [0.4, 0.5) is 5.82 Å². The molecule has 2 N–H and O–H groups in total. The van der Waals surface area contributed by atoms with Gasteiger partial charge >= 0.3 is 0 Å². The molecule has 0 aromatic carbocycles. The predicted octanol–water partition coefficient (Wildman–Crippen LogP) is 2.01. The molecule has 3 rings (SSSR count). The molecular formula is C19H29N3O3. The quantitative estimate of drug-likeness (QED) is 0.789. The summed E-state index contributed by atoms with van der Waals surface area (Å²) < 4.78 is 5.49. The van der Waals surface area contributed by atoms with Crippen molar-refractivity contribution in [3.05, 3.63) is 23.9 Å². The van der Waals surface area contributed by atoms with Crippen LogP contribution in [-0.4, -0.2) is 47.9 Å². The molecule has 2 aliphatic rings. The normalized spacial score (nSPS) is 23.6. The number of aliphatic hydroxyl groups is 1. The van der Waals surface area contributed by atoms with Gasteiger partial charge in [0, 0.05) is 38.5 Å². The topological polar surface area (TPSA) is 74.7 Å². The van der Waals surface area contributed by atoms with Crippen LogP contribution < -0.4 is 10.2 Å². The van der Waals surface area contributed by atoms with E-state index in [2.05, 4.69) is 15.2 Å². The number of ether oxygens (including phenoxy) is 1. The fraction of sp³-hybridized carbons (Fsp3) is 0.684. The maximum absolute atomic E-state index is 12.0. The standard InChI is InChI=1S/C19H29N3O3/c23-10-8-16-4-1-2-9-22(16)18-7-6-15(13-20-18)14-21-19(24)12-17-5-3-11-25-17/h6-7,13,16-17,23H,1-5,8-12,14H2,(H,21,24)/t16-,17-/m0/s1. The smallest absolute Gasteiger partial charge is 0.222 e. The van der Waals surface area contributed by atoms with Crippen LogP contribution in [0.1, 0.15) is 50.5 Å². The molecule has 2 atom stereocenters. The van der Waals surface area contributed by atoms with Gasteiger partial charge in [0.25, 0.3) is 0 Å². The molecule has 2 fully saturated rings. The van der Waals surface area contributed by atoms with Crippen LogP contribution in [0.5, 0.6) is 0 Å². The third-order valence-corrected chi connectivity index (χ3v) is 5.12. The van der Waals surface area contributed by atoms with Crippen molar-refractivity contribution in [1.82, 2.24) is 10.3 Å². The molecule has 0 unspecified atom stereocenters. The highest BCUT2D eigenvalue weighted by molar-refractivity contribution is 5.76. The van der Waals surface area contributed by atoms with Gasteiger partial charge in [-0.25, -0.2) is 4.98 Å². The van der Waals surface area contributed by atoms with Crippen LogP contribution in [0.3, 0.4) is 0 Å². The van der Waals surface area contributed by atoms with Crippen molar-refractivity contribution in [2.45, 2.75) is 63.6 Å². The fourth-order valence-electron chi connectivity index (χ4n) is 3.73. The molecule has 0 saturated carbocycles. The lowest BCUT2D eigenvalue weighted by atomic mass is 9.99. The number of aromatic nitrogens is 1. The Balaban J connectivity index is 1.50. The Morgan fingerprint density at radius 1 is 1.32 bits per heavy atom. The molecule has 1 aromatic heterocycles. The zero-order valence-corrected chi connectivity index (χ0v) is 14.8. The number of carbonyl (C=O) groups is 1. The van der Waals surface area contributed by atoms with Crippen LogP contribution in [-0.2, 0) is 16.1 Å². The summed E-state index contributed by atoms with van der Waals surface area (Å²) in [6.45, 7) is 2.49. The van der Waals surface area contributed by atoms with Crippen LogP contribution in [0.15, 0.2) is 18.3 Å². The minimum atomic E-state index is 0.0371. The number of pyridine rings is 1. The molecule has 1 amide bonds. The molecular weight excluding hydrogens is 318 g/mol. The number of amides is 1. The molecule has 2 saturated heterocycles. The molecule has 3 heterocycles. The summed E-state index contributed by atoms with van der Waals surface area (Å²) in [4.78, 5) is 18.8. The van der Waals surface area contributed by atoms with Crippen LogP contribution >= 0.6 is 0 Å². The van der Waals surface area contributed by atoms with Gasteiger partial charge in [-0.3, -0.25) is 4.79 Å². The Kier molecular flexibility index (Phi) is 6.64. The summed E-state index contributed by atoms with van der Waals surface area (Å²) in [6.07, 6.45) is 8.70. The SMILES string of the molecule is O=C(C[C@@H]1CCCO1)NCc1ccc(N2CCCC[C@H]2CCO)nc1. The van der Waals surface area contributed by atoms with Gasteiger partial charge in [0.1, 0.15) is 5.82 Å². The second-order valence-corrected chi connectivity index (χ2v) is 7.00. The van der Waals surface area contributed by atoms with Crippen molar-refractivity contribution < 1.29 is 14.6 Å². The minimum Gasteiger partial charge on any atom is -0.396 e. The second kappa shape index (κ2) is 9.15. The number of anilines is 1. The zero-order valence-electron chi connectivity index (χ0n) is 14.8. The summed E-state index contributed by atoms with van der Waals surface area (Å²) in [7, 11) is 0. The van der Waals surface area contributed by atoms with Crippen molar-refractivity contribution in [2.75, 3.05) is 24.7 Å². The van der Waals surface area contributed by atoms with Crippen LogP contribution in [0.2, 0.25) is 0 Å². The van der Waals surface area contributed by atoms with E-state index in [1.54, 1.807) is 0 Å². The van der Waals surface area contributed by atoms with E-state index in [4.69, 9.17) is 4.74 Å². The summed E-state index contributed by atoms with van der Waals surface area (Å²) in [5.74, 6) is 1.00. The third kappa shape index (κ3) is 5.16. The molecule has 25 heavy (non-hydrogen) atoms. The molecule has 0 spiro atoms. The summed E-state index contributed by atoms with van der Waals surface area (Å²) in [6, 6.07) is 4.43. The number of hydrogen-bond donors (Lipinski definition) is 2. The predicted molar refractivity (Wildman–Crippen MR) is 96.4 cm³/mol. The second-order valence-electron chi connectivity index (χ2n) is 7.00. The number of hydrogen-bond acceptors (Lipinski definition) is 5. The number of aliphatic hydroxyl groups excluding tert-OH is 1. The summed E-state index contributed by atoms with van der Waals surface area (Å²) in [5.41, 5.74) is 1.00. The van der Waals surface area contributed by atoms with E-state index in [1.165, 1.54) is 12.8 Å². The van der Waals surface area contributed by atoms with Gasteiger partial charge in [-0.2, -0.15) is 0 Å². The van der Waals surface area contributed by atoms with E-state index in [1.807, 2.05) is 18.3 Å². The van der Waals surface area contributed by atoms with Crippen molar-refractivity contribution in [2.24, 2.45) is 0 Å². The van der Waals surface area contributed by atoms with Crippen LogP contribution in [0, 0.1) is 0 Å². The Morgan fingerprint density at radius 3 is 2.96 bits per heavy atom. The molecule has 2 aliphatic heterocycles. The van der Waals surface area contributed by atoms with Crippen molar-refractivity contribution >= 4 is 11.7 Å². The summed E-state index contributed by atoms with van der Waals surface area (Å²) >= 11 is 0. The van der Waals surface area contributed by atoms with Gasteiger partial charge in [0.2, 0.25) is 5.91 Å². The van der Waals surface area contributed by atoms with Gasteiger partial charge in [-0.1, -0.05) is 6.07 Å². The van der Waals surface area contributed by atoms with Crippen molar-refractivity contribution in [1.29, 1.82) is 0 Å². The third-order valence-electron chi connectivity index (χ3n) is 5.12. The number of nitrogens with one attached hydrogen (secondary N) is 1. The average Bonchev–Trinajstić information content (AvgIpc) is 3.14. The van der Waals surface area contributed by atoms with Gasteiger partial charge in [-0.05, 0) is 50.2 Å². The van der Waals surface area contributed by atoms with E-state index < -0.39 is 0 Å². The highest BCUT2D eigenvalue weighted by Crippen LogP contribution is 2.25. The monoisotopic (exact) mass is 347 g/mol. The van der Waals surface area contributed by atoms with E-state index in [0.717, 1.165) is 50.2 Å². The number of piperidine rings is 1. The largest absolute Gasteiger partial charge is 0.396 e. The fourth-order valence-corrected chi connectivity index (χ4v) is 3.73. The first-order valence-corrected chi connectivity index (χ1v) is 9.47. The van der Waals surface area contributed by atoms with Crippen molar-refractivity contribution in [3.8, 4) is 0 Å². The molecule has 1 aromatic rings. The summed E-state index contributed by atoms with van der Waals surface area (Å²) in [5, 5.41) is 12.2. The Hall–Kier alpha value is -1.66. The molecule has 0 bridgehead atoms. The number of carbonyl (C=O) groups excluding carboxylic acids is 1. The first-order valence-electron chi connectivity index (χ1n) is 9.47. The Morgan fingerprint density at radius 2 is 2.24 bits per heavy atom. The molecule has 6 heteroatoms. The first kappa shape index (κ1) is 18.1. The lowest BCUT2D eigenvalue weighted by Crippen LogP contribution is -2.40. The average molecular weight is 347 g/mol. The molecule has 138 valence electrons. The highest BCUT2D eigenvalue weighted by atomic mass is 16.5. The number of rotatable bonds is 7. The van der Waals surface area contributed by atoms with E-state index >= 15 is 0 Å². The van der Waals surface area contributed by atoms with E-state index in [9.17, 15) is 9.90 Å². The van der Waals surface area contributed by atoms with E-state index in [-0.39, 0.29) is 18.6 Å². The van der Waals surface area contributed by atoms with Gasteiger partial charge in [0.15, 0.2) is 0 Å². The Labute approximate surface area is 149 Å². The van der Waals surface area contributed by atoms with E-state index in [0.29, 0.717) is 19.0 Å². The van der Waals surface area contributed by atoms with Crippen LogP contribution in [0.25, 0.3) is 0 Å².